The molecule has 1 aliphatic heterocycles. The lowest BCUT2D eigenvalue weighted by Gasteiger charge is -2.33. The zero-order valence-electron chi connectivity index (χ0n) is 11.0. The zero-order valence-corrected chi connectivity index (χ0v) is 11.7. The molecule has 6 heteroatoms. The van der Waals surface area contributed by atoms with Crippen LogP contribution < -0.4 is 0 Å². The van der Waals surface area contributed by atoms with Gasteiger partial charge in [0.2, 0.25) is 0 Å². The minimum absolute atomic E-state index is 0.142. The zero-order chi connectivity index (χ0) is 14.4. The molecular formula is C14H16ClNO4. The Hall–Kier alpha value is -1.59. The second-order valence-corrected chi connectivity index (χ2v) is 4.69. The number of benzene rings is 1. The number of amides is 1. The molecule has 1 heterocycles. The molecule has 1 unspecified atom stereocenters. The van der Waals surface area contributed by atoms with Crippen LogP contribution in [0.15, 0.2) is 30.3 Å². The number of Topliss-reactive ketones (excluding diaryl/α,β-unsaturated/α-hetero) is 1. The number of ketones is 1. The smallest absolute Gasteiger partial charge is 0.410 e. The molecule has 0 saturated carbocycles. The van der Waals surface area contributed by atoms with Gasteiger partial charge in [0.1, 0.15) is 12.6 Å². The topological polar surface area (TPSA) is 55.8 Å². The van der Waals surface area contributed by atoms with Crippen molar-refractivity contribution < 1.29 is 19.1 Å². The normalized spacial score (nSPS) is 18.6. The fourth-order valence-electron chi connectivity index (χ4n) is 1.98. The van der Waals surface area contributed by atoms with Gasteiger partial charge in [-0.2, -0.15) is 0 Å². The van der Waals surface area contributed by atoms with Gasteiger partial charge >= 0.3 is 6.09 Å². The predicted octanol–water partition coefficient (Wildman–Crippen LogP) is 1.83. The molecule has 0 radical (unpaired) electrons. The van der Waals surface area contributed by atoms with Crippen LogP contribution in [0.3, 0.4) is 0 Å². The van der Waals surface area contributed by atoms with Gasteiger partial charge in [-0.25, -0.2) is 4.79 Å². The summed E-state index contributed by atoms with van der Waals surface area (Å²) in [6, 6.07) is 8.73. The minimum Gasteiger partial charge on any atom is -0.445 e. The van der Waals surface area contributed by atoms with E-state index in [0.717, 1.165) is 5.56 Å². The van der Waals surface area contributed by atoms with E-state index in [1.807, 2.05) is 30.3 Å². The molecule has 1 amide bonds. The summed E-state index contributed by atoms with van der Waals surface area (Å²) in [5, 5.41) is 0. The van der Waals surface area contributed by atoms with Crippen LogP contribution in [0.1, 0.15) is 5.56 Å². The van der Waals surface area contributed by atoms with Gasteiger partial charge < -0.3 is 9.47 Å². The molecule has 1 aliphatic rings. The Morgan fingerprint density at radius 2 is 2.10 bits per heavy atom. The third-order valence-corrected chi connectivity index (χ3v) is 3.33. The molecule has 108 valence electrons. The van der Waals surface area contributed by atoms with Crippen molar-refractivity contribution in [3.63, 3.8) is 0 Å². The number of hydrogen-bond donors (Lipinski definition) is 0. The van der Waals surface area contributed by atoms with Crippen LogP contribution in [0, 0.1) is 0 Å². The summed E-state index contributed by atoms with van der Waals surface area (Å²) in [6.07, 6.45) is -0.513. The van der Waals surface area contributed by atoms with Crippen molar-refractivity contribution in [2.24, 2.45) is 0 Å². The van der Waals surface area contributed by atoms with Crippen LogP contribution in [0.2, 0.25) is 0 Å². The van der Waals surface area contributed by atoms with Gasteiger partial charge in [0.05, 0.1) is 19.1 Å². The van der Waals surface area contributed by atoms with Crippen molar-refractivity contribution in [2.45, 2.75) is 12.6 Å². The predicted molar refractivity (Wildman–Crippen MR) is 73.7 cm³/mol. The van der Waals surface area contributed by atoms with Crippen molar-refractivity contribution in [3.05, 3.63) is 35.9 Å². The monoisotopic (exact) mass is 297 g/mol. The summed E-state index contributed by atoms with van der Waals surface area (Å²) in [7, 11) is 0. The van der Waals surface area contributed by atoms with Gasteiger partial charge in [-0.15, -0.1) is 11.6 Å². The first kappa shape index (κ1) is 14.8. The average molecular weight is 298 g/mol. The van der Waals surface area contributed by atoms with E-state index in [1.165, 1.54) is 4.90 Å². The maximum Gasteiger partial charge on any atom is 0.410 e. The number of carbonyl (C=O) groups is 2. The summed E-state index contributed by atoms with van der Waals surface area (Å²) >= 11 is 5.54. The Morgan fingerprint density at radius 1 is 1.35 bits per heavy atom. The quantitative estimate of drug-likeness (QED) is 0.796. The molecule has 0 bridgehead atoms. The fraction of sp³-hybridized carbons (Fsp3) is 0.429. The van der Waals surface area contributed by atoms with Gasteiger partial charge in [-0.1, -0.05) is 30.3 Å². The molecule has 1 aromatic rings. The van der Waals surface area contributed by atoms with Crippen molar-refractivity contribution >= 4 is 23.5 Å². The number of ether oxygens (including phenoxy) is 2. The second-order valence-electron chi connectivity index (χ2n) is 4.42. The molecule has 2 rings (SSSR count). The molecule has 1 atom stereocenters. The SMILES string of the molecule is O=C(CCl)C1COCCN1C(=O)OCc1ccccc1. The number of morpholine rings is 1. The van der Waals surface area contributed by atoms with Crippen LogP contribution in [0.5, 0.6) is 0 Å². The molecule has 1 aromatic carbocycles. The molecule has 20 heavy (non-hydrogen) atoms. The number of alkyl halides is 1. The summed E-state index contributed by atoms with van der Waals surface area (Å²) < 4.78 is 10.4. The highest BCUT2D eigenvalue weighted by molar-refractivity contribution is 6.28. The molecule has 0 spiro atoms. The minimum atomic E-state index is -0.649. The third-order valence-electron chi connectivity index (χ3n) is 3.07. The number of halogens is 1. The number of nitrogens with zero attached hydrogens (tertiary/aromatic N) is 1. The molecule has 1 saturated heterocycles. The van der Waals surface area contributed by atoms with Gasteiger partial charge in [-0.3, -0.25) is 9.69 Å². The van der Waals surface area contributed by atoms with E-state index in [0.29, 0.717) is 13.2 Å². The van der Waals surface area contributed by atoms with E-state index < -0.39 is 12.1 Å². The Labute approximate surface area is 122 Å². The highest BCUT2D eigenvalue weighted by Gasteiger charge is 2.33. The largest absolute Gasteiger partial charge is 0.445 e. The number of carbonyl (C=O) groups excluding carboxylic acids is 2. The molecule has 0 aromatic heterocycles. The summed E-state index contributed by atoms with van der Waals surface area (Å²) in [5.74, 6) is -0.376. The Balaban J connectivity index is 1.94. The van der Waals surface area contributed by atoms with Crippen LogP contribution in [-0.2, 0) is 20.9 Å². The Morgan fingerprint density at radius 3 is 2.80 bits per heavy atom. The van der Waals surface area contributed by atoms with E-state index in [2.05, 4.69) is 0 Å². The maximum absolute atomic E-state index is 12.1. The van der Waals surface area contributed by atoms with E-state index in [-0.39, 0.29) is 24.9 Å². The standard InChI is InChI=1S/C14H16ClNO4/c15-8-13(17)12-10-19-7-6-16(12)14(18)20-9-11-4-2-1-3-5-11/h1-5,12H,6-10H2. The first-order valence-electron chi connectivity index (χ1n) is 6.36. The molecule has 0 N–H and O–H groups in total. The first-order valence-corrected chi connectivity index (χ1v) is 6.89. The van der Waals surface area contributed by atoms with E-state index in [1.54, 1.807) is 0 Å². The summed E-state index contributed by atoms with van der Waals surface area (Å²) in [5.41, 5.74) is 0.898. The van der Waals surface area contributed by atoms with E-state index >= 15 is 0 Å². The molecule has 1 fully saturated rings. The van der Waals surface area contributed by atoms with Crippen LogP contribution in [0.4, 0.5) is 4.79 Å². The molecular weight excluding hydrogens is 282 g/mol. The van der Waals surface area contributed by atoms with Gasteiger partial charge in [0.25, 0.3) is 0 Å². The van der Waals surface area contributed by atoms with Gasteiger partial charge in [-0.05, 0) is 5.56 Å². The lowest BCUT2D eigenvalue weighted by Crippen LogP contribution is -2.53. The number of hydrogen-bond acceptors (Lipinski definition) is 4. The van der Waals surface area contributed by atoms with E-state index in [4.69, 9.17) is 21.1 Å². The van der Waals surface area contributed by atoms with Crippen molar-refractivity contribution in [2.75, 3.05) is 25.6 Å². The summed E-state index contributed by atoms with van der Waals surface area (Å²) in [4.78, 5) is 25.1. The maximum atomic E-state index is 12.1. The first-order chi connectivity index (χ1) is 9.72. The average Bonchev–Trinajstić information content (AvgIpc) is 2.52. The van der Waals surface area contributed by atoms with Crippen molar-refractivity contribution in [1.29, 1.82) is 0 Å². The van der Waals surface area contributed by atoms with Crippen molar-refractivity contribution in [1.82, 2.24) is 4.90 Å². The molecule has 0 aliphatic carbocycles. The van der Waals surface area contributed by atoms with Gasteiger partial charge in [0, 0.05) is 6.54 Å². The lowest BCUT2D eigenvalue weighted by molar-refractivity contribution is -0.126. The highest BCUT2D eigenvalue weighted by atomic mass is 35.5. The summed E-state index contributed by atoms with van der Waals surface area (Å²) in [6.45, 7) is 1.08. The van der Waals surface area contributed by atoms with Crippen LogP contribution in [0.25, 0.3) is 0 Å². The van der Waals surface area contributed by atoms with Crippen LogP contribution >= 0.6 is 11.6 Å². The Bertz CT molecular complexity index is 466. The second kappa shape index (κ2) is 7.26. The highest BCUT2D eigenvalue weighted by Crippen LogP contribution is 2.12. The third kappa shape index (κ3) is 3.71. The van der Waals surface area contributed by atoms with Gasteiger partial charge in [0.15, 0.2) is 5.78 Å². The lowest BCUT2D eigenvalue weighted by atomic mass is 10.1. The number of rotatable bonds is 4. The Kier molecular flexibility index (Phi) is 5.38. The van der Waals surface area contributed by atoms with Crippen molar-refractivity contribution in [3.8, 4) is 0 Å². The van der Waals surface area contributed by atoms with Crippen LogP contribution in [-0.4, -0.2) is 48.5 Å². The molecule has 5 nitrogen and oxygen atoms in total. The fourth-order valence-corrected chi connectivity index (χ4v) is 2.16. The van der Waals surface area contributed by atoms with E-state index in [9.17, 15) is 9.59 Å².